The van der Waals surface area contributed by atoms with Gasteiger partial charge in [0.2, 0.25) is 5.88 Å². The number of benzene rings is 2. The lowest BCUT2D eigenvalue weighted by atomic mass is 10.1. The standard InChI is InChI=1S/C28H35N5O4S/c1-5-32-13-15-33(16-14-32)19-22-11-6-7-12-24(22)27(34)30-23-17-25(28(37-4)29-18-23)38(35,36)31-26-20(2)9-8-10-21(26)3/h6-12,17-18,31H,5,13-16,19H2,1-4H3,(H,30,34). The van der Waals surface area contributed by atoms with Crippen molar-refractivity contribution in [3.05, 3.63) is 77.0 Å². The zero-order valence-corrected chi connectivity index (χ0v) is 23.1. The van der Waals surface area contributed by atoms with Crippen molar-refractivity contribution < 1.29 is 17.9 Å². The lowest BCUT2D eigenvalue weighted by molar-refractivity contribution is 0.102. The molecule has 2 heterocycles. The van der Waals surface area contributed by atoms with Crippen molar-refractivity contribution in [2.24, 2.45) is 0 Å². The zero-order chi connectivity index (χ0) is 27.3. The van der Waals surface area contributed by atoms with Crippen LogP contribution < -0.4 is 14.8 Å². The van der Waals surface area contributed by atoms with Gasteiger partial charge in [-0.2, -0.15) is 0 Å². The minimum atomic E-state index is -4.06. The molecule has 2 N–H and O–H groups in total. The van der Waals surface area contributed by atoms with Crippen molar-refractivity contribution in [2.45, 2.75) is 32.2 Å². The van der Waals surface area contributed by atoms with E-state index >= 15 is 0 Å². The van der Waals surface area contributed by atoms with Gasteiger partial charge in [-0.15, -0.1) is 0 Å². The highest BCUT2D eigenvalue weighted by molar-refractivity contribution is 7.92. The van der Waals surface area contributed by atoms with E-state index in [1.165, 1.54) is 19.4 Å². The quantitative estimate of drug-likeness (QED) is 0.427. The lowest BCUT2D eigenvalue weighted by Gasteiger charge is -2.34. The monoisotopic (exact) mass is 537 g/mol. The maximum absolute atomic E-state index is 13.4. The fourth-order valence-electron chi connectivity index (χ4n) is 4.59. The van der Waals surface area contributed by atoms with E-state index in [0.29, 0.717) is 17.8 Å². The summed E-state index contributed by atoms with van der Waals surface area (Å²) in [6.45, 7) is 11.4. The average Bonchev–Trinajstić information content (AvgIpc) is 2.91. The van der Waals surface area contributed by atoms with Crippen molar-refractivity contribution in [2.75, 3.05) is 49.9 Å². The third kappa shape index (κ3) is 6.32. The van der Waals surface area contributed by atoms with Crippen molar-refractivity contribution >= 4 is 27.3 Å². The third-order valence-electron chi connectivity index (χ3n) is 6.84. The summed E-state index contributed by atoms with van der Waals surface area (Å²) in [6, 6.07) is 14.4. The number of piperazine rings is 1. The van der Waals surface area contributed by atoms with Gasteiger partial charge in [0.05, 0.1) is 24.7 Å². The van der Waals surface area contributed by atoms with E-state index in [4.69, 9.17) is 4.74 Å². The van der Waals surface area contributed by atoms with Crippen LogP contribution in [0.15, 0.2) is 59.6 Å². The normalized spacial score (nSPS) is 14.7. The molecule has 1 aromatic heterocycles. The molecule has 1 saturated heterocycles. The molecule has 10 heteroatoms. The van der Waals surface area contributed by atoms with Gasteiger partial charge in [0.1, 0.15) is 0 Å². The molecule has 2 aromatic carbocycles. The summed E-state index contributed by atoms with van der Waals surface area (Å²) in [4.78, 5) is 22.1. The minimum absolute atomic E-state index is 0.0617. The van der Waals surface area contributed by atoms with E-state index in [1.54, 1.807) is 6.07 Å². The Morgan fingerprint density at radius 1 is 1.00 bits per heavy atom. The molecule has 3 aromatic rings. The number of aryl methyl sites for hydroxylation is 2. The Labute approximate surface area is 224 Å². The molecule has 0 radical (unpaired) electrons. The first kappa shape index (κ1) is 27.6. The number of aromatic nitrogens is 1. The number of hydrogen-bond acceptors (Lipinski definition) is 7. The van der Waals surface area contributed by atoms with Crippen LogP contribution in [0, 0.1) is 13.8 Å². The van der Waals surface area contributed by atoms with Crippen molar-refractivity contribution in [1.29, 1.82) is 0 Å². The Morgan fingerprint density at radius 3 is 2.32 bits per heavy atom. The van der Waals surface area contributed by atoms with Gasteiger partial charge in [-0.25, -0.2) is 13.4 Å². The molecule has 38 heavy (non-hydrogen) atoms. The molecule has 9 nitrogen and oxygen atoms in total. The zero-order valence-electron chi connectivity index (χ0n) is 22.3. The maximum Gasteiger partial charge on any atom is 0.267 e. The van der Waals surface area contributed by atoms with Gasteiger partial charge in [0.25, 0.3) is 15.9 Å². The van der Waals surface area contributed by atoms with Crippen LogP contribution >= 0.6 is 0 Å². The van der Waals surface area contributed by atoms with Crippen molar-refractivity contribution in [3.8, 4) is 5.88 Å². The van der Waals surface area contributed by atoms with Gasteiger partial charge in [0, 0.05) is 38.3 Å². The van der Waals surface area contributed by atoms with Crippen molar-refractivity contribution in [3.63, 3.8) is 0 Å². The number of ether oxygens (including phenoxy) is 1. The van der Waals surface area contributed by atoms with Crippen LogP contribution in [-0.2, 0) is 16.6 Å². The molecular formula is C28H35N5O4S. The predicted molar refractivity (Wildman–Crippen MR) is 149 cm³/mol. The average molecular weight is 538 g/mol. The van der Waals surface area contributed by atoms with Crippen LogP contribution in [0.5, 0.6) is 5.88 Å². The number of sulfonamides is 1. The van der Waals surface area contributed by atoms with Gasteiger partial charge in [-0.05, 0) is 49.2 Å². The maximum atomic E-state index is 13.4. The fourth-order valence-corrected chi connectivity index (χ4v) is 5.94. The summed E-state index contributed by atoms with van der Waals surface area (Å²) in [5.74, 6) is -0.390. The number of carbonyl (C=O) groups excluding carboxylic acids is 1. The van der Waals surface area contributed by atoms with Crippen LogP contribution in [0.1, 0.15) is 34.0 Å². The number of anilines is 2. The minimum Gasteiger partial charge on any atom is -0.480 e. The lowest BCUT2D eigenvalue weighted by Crippen LogP contribution is -2.45. The number of nitrogens with zero attached hydrogens (tertiary/aromatic N) is 3. The number of amides is 1. The Hall–Kier alpha value is -3.47. The highest BCUT2D eigenvalue weighted by Gasteiger charge is 2.24. The van der Waals surface area contributed by atoms with Crippen LogP contribution in [0.25, 0.3) is 0 Å². The van der Waals surface area contributed by atoms with E-state index in [1.807, 2.05) is 50.2 Å². The highest BCUT2D eigenvalue weighted by atomic mass is 32.2. The topological polar surface area (TPSA) is 104 Å². The van der Waals surface area contributed by atoms with E-state index in [0.717, 1.165) is 49.4 Å². The van der Waals surface area contributed by atoms with Crippen molar-refractivity contribution in [1.82, 2.24) is 14.8 Å². The molecule has 1 amide bonds. The molecule has 0 aliphatic carbocycles. The number of hydrogen-bond donors (Lipinski definition) is 2. The van der Waals surface area contributed by atoms with Gasteiger partial charge >= 0.3 is 0 Å². The SMILES string of the molecule is CCN1CCN(Cc2ccccc2C(=O)Nc2cnc(OC)c(S(=O)(=O)Nc3c(C)cccc3C)c2)CC1. The van der Waals surface area contributed by atoms with Crippen LogP contribution in [0.3, 0.4) is 0 Å². The molecule has 0 bridgehead atoms. The van der Waals surface area contributed by atoms with E-state index < -0.39 is 10.0 Å². The summed E-state index contributed by atoms with van der Waals surface area (Å²) in [5, 5.41) is 2.83. The van der Waals surface area contributed by atoms with Crippen LogP contribution in [0.2, 0.25) is 0 Å². The Morgan fingerprint density at radius 2 is 1.66 bits per heavy atom. The molecule has 4 rings (SSSR count). The summed E-state index contributed by atoms with van der Waals surface area (Å²) in [7, 11) is -2.70. The molecule has 0 atom stereocenters. The molecular weight excluding hydrogens is 502 g/mol. The molecule has 202 valence electrons. The van der Waals surface area contributed by atoms with E-state index in [-0.39, 0.29) is 22.4 Å². The molecule has 0 saturated carbocycles. The number of nitrogens with one attached hydrogen (secondary N) is 2. The number of methoxy groups -OCH3 is 1. The number of pyridine rings is 1. The van der Waals surface area contributed by atoms with Crippen LogP contribution in [0.4, 0.5) is 11.4 Å². The van der Waals surface area contributed by atoms with Gasteiger partial charge < -0.3 is 15.0 Å². The number of likely N-dealkylation sites (N-methyl/N-ethyl adjacent to an activating group) is 1. The number of carbonyl (C=O) groups is 1. The Kier molecular flexibility index (Phi) is 8.65. The summed E-state index contributed by atoms with van der Waals surface area (Å²) >= 11 is 0. The summed E-state index contributed by atoms with van der Waals surface area (Å²) < 4.78 is 34.6. The first-order valence-electron chi connectivity index (χ1n) is 12.7. The van der Waals surface area contributed by atoms with Gasteiger partial charge in [-0.1, -0.05) is 43.3 Å². The second-order valence-electron chi connectivity index (χ2n) is 9.43. The van der Waals surface area contributed by atoms with Gasteiger partial charge in [0.15, 0.2) is 4.90 Å². The largest absolute Gasteiger partial charge is 0.480 e. The molecule has 0 unspecified atom stereocenters. The Balaban J connectivity index is 1.55. The summed E-state index contributed by atoms with van der Waals surface area (Å²) in [5.41, 5.74) is 3.79. The van der Waals surface area contributed by atoms with Gasteiger partial charge in [-0.3, -0.25) is 14.4 Å². The molecule has 1 aliphatic heterocycles. The predicted octanol–water partition coefficient (Wildman–Crippen LogP) is 3.90. The second-order valence-corrected chi connectivity index (χ2v) is 11.1. The first-order chi connectivity index (χ1) is 18.2. The van der Waals surface area contributed by atoms with E-state index in [9.17, 15) is 13.2 Å². The molecule has 1 fully saturated rings. The third-order valence-corrected chi connectivity index (χ3v) is 8.19. The molecule has 0 spiro atoms. The smallest absolute Gasteiger partial charge is 0.267 e. The number of rotatable bonds is 9. The number of para-hydroxylation sites is 1. The van der Waals surface area contributed by atoms with Crippen LogP contribution in [-0.4, -0.2) is 68.9 Å². The van der Waals surface area contributed by atoms with E-state index in [2.05, 4.69) is 31.7 Å². The Bertz CT molecular complexity index is 1380. The second kappa shape index (κ2) is 11.9. The first-order valence-corrected chi connectivity index (χ1v) is 14.2. The fraction of sp³-hybridized carbons (Fsp3) is 0.357. The molecule has 1 aliphatic rings. The highest BCUT2D eigenvalue weighted by Crippen LogP contribution is 2.29. The summed E-state index contributed by atoms with van der Waals surface area (Å²) in [6.07, 6.45) is 1.39.